The third-order valence-corrected chi connectivity index (χ3v) is 4.14. The van der Waals surface area contributed by atoms with Gasteiger partial charge in [-0.2, -0.15) is 0 Å². The third-order valence-electron chi connectivity index (χ3n) is 4.14. The normalized spacial score (nSPS) is 15.7. The van der Waals surface area contributed by atoms with Gasteiger partial charge in [-0.25, -0.2) is 0 Å². The number of amides is 1. The molecule has 0 unspecified atom stereocenters. The molecule has 3 heteroatoms. The molecule has 0 aromatic heterocycles. The topological polar surface area (TPSA) is 23.6 Å². The standard InChI is InChI=1S/C17H26N2O/c1-3-18(4-2)14-15-8-10-16(11-9-15)17(20)19-12-6-5-7-13-19/h8-11H,3-7,12-14H2,1-2H3. The average Bonchev–Trinajstić information content (AvgIpc) is 2.53. The van der Waals surface area contributed by atoms with Gasteiger partial charge in [0.05, 0.1) is 0 Å². The van der Waals surface area contributed by atoms with Crippen LogP contribution in [0.1, 0.15) is 49.0 Å². The number of rotatable bonds is 5. The Bertz CT molecular complexity index is 417. The first-order valence-electron chi connectivity index (χ1n) is 7.85. The lowest BCUT2D eigenvalue weighted by molar-refractivity contribution is 0.0724. The minimum atomic E-state index is 0.194. The second kappa shape index (κ2) is 7.44. The van der Waals surface area contributed by atoms with Gasteiger partial charge < -0.3 is 4.90 Å². The summed E-state index contributed by atoms with van der Waals surface area (Å²) in [4.78, 5) is 16.7. The highest BCUT2D eigenvalue weighted by Crippen LogP contribution is 2.14. The molecule has 3 nitrogen and oxygen atoms in total. The van der Waals surface area contributed by atoms with Crippen molar-refractivity contribution in [2.75, 3.05) is 26.2 Å². The number of hydrogen-bond acceptors (Lipinski definition) is 2. The van der Waals surface area contributed by atoms with Crippen LogP contribution in [-0.4, -0.2) is 41.9 Å². The molecular weight excluding hydrogens is 248 g/mol. The number of hydrogen-bond donors (Lipinski definition) is 0. The Morgan fingerprint density at radius 2 is 1.65 bits per heavy atom. The van der Waals surface area contributed by atoms with E-state index >= 15 is 0 Å². The van der Waals surface area contributed by atoms with Crippen LogP contribution in [0.5, 0.6) is 0 Å². The van der Waals surface area contributed by atoms with Crippen LogP contribution in [0.4, 0.5) is 0 Å². The zero-order valence-electron chi connectivity index (χ0n) is 12.8. The summed E-state index contributed by atoms with van der Waals surface area (Å²) in [5, 5.41) is 0. The van der Waals surface area contributed by atoms with Crippen LogP contribution in [0.15, 0.2) is 24.3 Å². The van der Waals surface area contributed by atoms with Gasteiger partial charge in [0.1, 0.15) is 0 Å². The smallest absolute Gasteiger partial charge is 0.253 e. The Morgan fingerprint density at radius 1 is 1.05 bits per heavy atom. The van der Waals surface area contributed by atoms with Gasteiger partial charge in [-0.1, -0.05) is 26.0 Å². The molecule has 1 amide bonds. The molecule has 1 saturated heterocycles. The largest absolute Gasteiger partial charge is 0.339 e. The molecule has 1 heterocycles. The van der Waals surface area contributed by atoms with Gasteiger partial charge in [-0.05, 0) is 50.0 Å². The lowest BCUT2D eigenvalue weighted by Crippen LogP contribution is -2.35. The molecule has 0 aliphatic carbocycles. The van der Waals surface area contributed by atoms with Gasteiger partial charge in [-0.3, -0.25) is 9.69 Å². The van der Waals surface area contributed by atoms with E-state index in [0.717, 1.165) is 51.1 Å². The van der Waals surface area contributed by atoms with E-state index in [4.69, 9.17) is 0 Å². The zero-order valence-corrected chi connectivity index (χ0v) is 12.8. The van der Waals surface area contributed by atoms with Crippen molar-refractivity contribution in [2.24, 2.45) is 0 Å². The van der Waals surface area contributed by atoms with E-state index in [1.807, 2.05) is 17.0 Å². The number of carbonyl (C=O) groups excluding carboxylic acids is 1. The van der Waals surface area contributed by atoms with Crippen LogP contribution in [0.2, 0.25) is 0 Å². The van der Waals surface area contributed by atoms with Crippen LogP contribution in [0, 0.1) is 0 Å². The summed E-state index contributed by atoms with van der Waals surface area (Å²) in [6.45, 7) is 9.27. The van der Waals surface area contributed by atoms with E-state index < -0.39 is 0 Å². The molecule has 1 aliphatic rings. The maximum absolute atomic E-state index is 12.4. The molecule has 1 aromatic carbocycles. The summed E-state index contributed by atoms with van der Waals surface area (Å²) in [7, 11) is 0. The third kappa shape index (κ3) is 3.83. The lowest BCUT2D eigenvalue weighted by Gasteiger charge is -2.26. The Balaban J connectivity index is 1.98. The van der Waals surface area contributed by atoms with Gasteiger partial charge in [0.25, 0.3) is 5.91 Å². The molecule has 2 rings (SSSR count). The van der Waals surface area contributed by atoms with Gasteiger partial charge in [-0.15, -0.1) is 0 Å². The number of benzene rings is 1. The van der Waals surface area contributed by atoms with Crippen molar-refractivity contribution in [3.8, 4) is 0 Å². The number of nitrogens with zero attached hydrogens (tertiary/aromatic N) is 2. The second-order valence-corrected chi connectivity index (χ2v) is 5.51. The van der Waals surface area contributed by atoms with Crippen molar-refractivity contribution in [1.29, 1.82) is 0 Å². The summed E-state index contributed by atoms with van der Waals surface area (Å²) in [5.74, 6) is 0.194. The molecule has 1 aliphatic heterocycles. The highest BCUT2D eigenvalue weighted by molar-refractivity contribution is 5.94. The fourth-order valence-corrected chi connectivity index (χ4v) is 2.74. The summed E-state index contributed by atoms with van der Waals surface area (Å²) in [6.07, 6.45) is 3.55. The van der Waals surface area contributed by atoms with Gasteiger partial charge in [0.15, 0.2) is 0 Å². The quantitative estimate of drug-likeness (QED) is 0.823. The second-order valence-electron chi connectivity index (χ2n) is 5.51. The van der Waals surface area contributed by atoms with E-state index in [1.54, 1.807) is 0 Å². The van der Waals surface area contributed by atoms with E-state index in [2.05, 4.69) is 30.9 Å². The fraction of sp³-hybridized carbons (Fsp3) is 0.588. The molecule has 20 heavy (non-hydrogen) atoms. The van der Waals surface area contributed by atoms with Crippen molar-refractivity contribution >= 4 is 5.91 Å². The maximum atomic E-state index is 12.4. The van der Waals surface area contributed by atoms with Crippen molar-refractivity contribution in [2.45, 2.75) is 39.7 Å². The molecule has 0 radical (unpaired) electrons. The zero-order chi connectivity index (χ0) is 14.4. The first-order chi connectivity index (χ1) is 9.74. The van der Waals surface area contributed by atoms with Crippen LogP contribution >= 0.6 is 0 Å². The first kappa shape index (κ1) is 15.0. The van der Waals surface area contributed by atoms with Crippen molar-refractivity contribution in [1.82, 2.24) is 9.80 Å². The van der Waals surface area contributed by atoms with Crippen molar-refractivity contribution < 1.29 is 4.79 Å². The highest BCUT2D eigenvalue weighted by Gasteiger charge is 2.17. The monoisotopic (exact) mass is 274 g/mol. The minimum absolute atomic E-state index is 0.194. The lowest BCUT2D eigenvalue weighted by atomic mass is 10.1. The fourth-order valence-electron chi connectivity index (χ4n) is 2.74. The SMILES string of the molecule is CCN(CC)Cc1ccc(C(=O)N2CCCCC2)cc1. The van der Waals surface area contributed by atoms with E-state index in [0.29, 0.717) is 0 Å². The minimum Gasteiger partial charge on any atom is -0.339 e. The van der Waals surface area contributed by atoms with Gasteiger partial charge in [0.2, 0.25) is 0 Å². The highest BCUT2D eigenvalue weighted by atomic mass is 16.2. The number of likely N-dealkylation sites (tertiary alicyclic amines) is 1. The maximum Gasteiger partial charge on any atom is 0.253 e. The summed E-state index contributed by atoms with van der Waals surface area (Å²) < 4.78 is 0. The molecule has 0 saturated carbocycles. The van der Waals surface area contributed by atoms with Crippen LogP contribution in [-0.2, 0) is 6.54 Å². The molecule has 0 bridgehead atoms. The number of piperidine rings is 1. The molecule has 0 spiro atoms. The Morgan fingerprint density at radius 3 is 2.20 bits per heavy atom. The Hall–Kier alpha value is -1.35. The molecule has 0 atom stereocenters. The Labute approximate surface area is 122 Å². The Kier molecular flexibility index (Phi) is 5.60. The van der Waals surface area contributed by atoms with E-state index in [-0.39, 0.29) is 5.91 Å². The average molecular weight is 274 g/mol. The van der Waals surface area contributed by atoms with E-state index in [9.17, 15) is 4.79 Å². The van der Waals surface area contributed by atoms with Crippen LogP contribution < -0.4 is 0 Å². The number of carbonyl (C=O) groups is 1. The molecule has 0 N–H and O–H groups in total. The first-order valence-corrected chi connectivity index (χ1v) is 7.85. The van der Waals surface area contributed by atoms with Crippen molar-refractivity contribution in [3.63, 3.8) is 0 Å². The van der Waals surface area contributed by atoms with Crippen molar-refractivity contribution in [3.05, 3.63) is 35.4 Å². The van der Waals surface area contributed by atoms with Crippen LogP contribution in [0.25, 0.3) is 0 Å². The molecule has 1 fully saturated rings. The van der Waals surface area contributed by atoms with Gasteiger partial charge >= 0.3 is 0 Å². The molecular formula is C17H26N2O. The molecule has 110 valence electrons. The predicted molar refractivity (Wildman–Crippen MR) is 82.8 cm³/mol. The predicted octanol–water partition coefficient (Wildman–Crippen LogP) is 3.15. The summed E-state index contributed by atoms with van der Waals surface area (Å²) >= 11 is 0. The van der Waals surface area contributed by atoms with E-state index in [1.165, 1.54) is 12.0 Å². The van der Waals surface area contributed by atoms with Gasteiger partial charge in [0, 0.05) is 25.2 Å². The summed E-state index contributed by atoms with van der Waals surface area (Å²) in [6, 6.07) is 8.15. The summed E-state index contributed by atoms with van der Waals surface area (Å²) in [5.41, 5.74) is 2.11. The molecule has 1 aromatic rings. The van der Waals surface area contributed by atoms with Crippen LogP contribution in [0.3, 0.4) is 0 Å².